The fourth-order valence-corrected chi connectivity index (χ4v) is 10.9. The van der Waals surface area contributed by atoms with Crippen molar-refractivity contribution in [3.63, 3.8) is 0 Å². The number of aryl methyl sites for hydroxylation is 1. The van der Waals surface area contributed by atoms with Crippen LogP contribution in [0.1, 0.15) is 81.2 Å². The van der Waals surface area contributed by atoms with E-state index < -0.39 is 0 Å². The van der Waals surface area contributed by atoms with Crippen molar-refractivity contribution in [1.29, 1.82) is 0 Å². The highest BCUT2D eigenvalue weighted by atomic mass is 16.5. The summed E-state index contributed by atoms with van der Waals surface area (Å²) in [6, 6.07) is 15.5. The Hall–Kier alpha value is -5.23. The normalized spacial score (nSPS) is 23.9. The van der Waals surface area contributed by atoms with Crippen molar-refractivity contribution in [3.8, 4) is 17.0 Å². The molecule has 5 aromatic rings. The van der Waals surface area contributed by atoms with Crippen LogP contribution in [0.25, 0.3) is 33.2 Å². The Morgan fingerprint density at radius 1 is 1.00 bits per heavy atom. The molecule has 10 rings (SSSR count). The minimum absolute atomic E-state index is 0.0641. The number of carbonyl (C=O) groups is 2. The van der Waals surface area contributed by atoms with E-state index in [1.807, 2.05) is 71.8 Å². The summed E-state index contributed by atoms with van der Waals surface area (Å²) in [6.45, 7) is 5.19. The number of anilines is 2. The molecular formula is C44H53N9O3. The number of nitrogens with zero attached hydrogens (tertiary/aromatic N) is 6. The molecule has 0 atom stereocenters. The second kappa shape index (κ2) is 14.7. The largest absolute Gasteiger partial charge is 0.495 e. The van der Waals surface area contributed by atoms with Gasteiger partial charge in [0.15, 0.2) is 5.65 Å². The SMILES string of the molecule is COc1cc(-c2nn(C3CCN(CCNC(=O)/C(C)=C/CC45CC6CC(CC(C6)C4)C5)CC3)c3ncnc(N)c23)ccc1NC(=O)c1cc2ccccc2n1C. The number of hydrogen-bond acceptors (Lipinski definition) is 8. The number of rotatable bonds is 11. The van der Waals surface area contributed by atoms with Crippen molar-refractivity contribution in [2.45, 2.75) is 70.8 Å². The highest BCUT2D eigenvalue weighted by Crippen LogP contribution is 2.61. The predicted molar refractivity (Wildman–Crippen MR) is 219 cm³/mol. The van der Waals surface area contributed by atoms with Gasteiger partial charge in [-0.2, -0.15) is 5.10 Å². The minimum Gasteiger partial charge on any atom is -0.495 e. The number of methoxy groups -OCH3 is 1. The molecule has 4 heterocycles. The molecule has 4 N–H and O–H groups in total. The van der Waals surface area contributed by atoms with E-state index in [0.717, 1.165) is 78.7 Å². The van der Waals surface area contributed by atoms with Gasteiger partial charge in [0.25, 0.3) is 5.91 Å². The number of para-hydroxylation sites is 1. The average molecular weight is 756 g/mol. The smallest absolute Gasteiger partial charge is 0.272 e. The van der Waals surface area contributed by atoms with Gasteiger partial charge in [-0.05, 0) is 112 Å². The standard InChI is InChI=1S/C44H53N9O3/c1-27(10-13-44-23-28-18-29(24-44)20-30(19-28)25-44)42(54)46-14-17-52-15-11-33(12-16-52)53-41-38(40(45)47-26-48-41)39(50-53)32-8-9-34(37(22-32)56-3)49-43(55)36-21-31-6-4-5-7-35(31)51(36)2/h4-10,21-22,26,28-30,33H,11-20,23-25H2,1-3H3,(H,46,54)(H,49,55)(H2,45,47,48)/b27-10+. The molecule has 1 saturated heterocycles. The number of hydrogen-bond donors (Lipinski definition) is 3. The minimum atomic E-state index is -0.231. The van der Waals surface area contributed by atoms with E-state index in [-0.39, 0.29) is 17.9 Å². The predicted octanol–water partition coefficient (Wildman–Crippen LogP) is 7.13. The Morgan fingerprint density at radius 3 is 2.45 bits per heavy atom. The summed E-state index contributed by atoms with van der Waals surface area (Å²) in [4.78, 5) is 37.8. The van der Waals surface area contributed by atoms with E-state index in [2.05, 4.69) is 31.6 Å². The summed E-state index contributed by atoms with van der Waals surface area (Å²) in [5.74, 6) is 3.48. The third-order valence-electron chi connectivity index (χ3n) is 13.4. The molecule has 292 valence electrons. The number of fused-ring (bicyclic) bond motifs is 2. The molecule has 3 aromatic heterocycles. The lowest BCUT2D eigenvalue weighted by atomic mass is 9.49. The maximum atomic E-state index is 13.4. The van der Waals surface area contributed by atoms with E-state index in [1.54, 1.807) is 7.11 Å². The summed E-state index contributed by atoms with van der Waals surface area (Å²) >= 11 is 0. The zero-order valence-corrected chi connectivity index (χ0v) is 32.8. The van der Waals surface area contributed by atoms with Crippen LogP contribution in [0.4, 0.5) is 11.5 Å². The molecular weight excluding hydrogens is 703 g/mol. The van der Waals surface area contributed by atoms with Crippen molar-refractivity contribution < 1.29 is 14.3 Å². The second-order valence-electron chi connectivity index (χ2n) is 17.1. The first-order valence-corrected chi connectivity index (χ1v) is 20.4. The number of nitrogens with one attached hydrogen (secondary N) is 2. The van der Waals surface area contributed by atoms with Gasteiger partial charge in [-0.25, -0.2) is 14.6 Å². The van der Waals surface area contributed by atoms with E-state index >= 15 is 0 Å². The Morgan fingerprint density at radius 2 is 1.73 bits per heavy atom. The first-order valence-electron chi connectivity index (χ1n) is 20.4. The van der Waals surface area contributed by atoms with Gasteiger partial charge in [-0.1, -0.05) is 30.3 Å². The molecule has 0 unspecified atom stereocenters. The van der Waals surface area contributed by atoms with Gasteiger partial charge < -0.3 is 30.6 Å². The number of amides is 2. The van der Waals surface area contributed by atoms with Crippen molar-refractivity contribution in [2.24, 2.45) is 30.2 Å². The maximum absolute atomic E-state index is 13.4. The molecule has 4 aliphatic carbocycles. The van der Waals surface area contributed by atoms with Crippen LogP contribution in [-0.2, 0) is 11.8 Å². The number of likely N-dealkylation sites (tertiary alicyclic amines) is 1. The molecule has 5 aliphatic rings. The molecule has 4 saturated carbocycles. The molecule has 12 nitrogen and oxygen atoms in total. The van der Waals surface area contributed by atoms with Crippen LogP contribution in [-0.4, -0.2) is 74.3 Å². The highest BCUT2D eigenvalue weighted by Gasteiger charge is 2.50. The molecule has 0 spiro atoms. The monoisotopic (exact) mass is 755 g/mol. The van der Waals surface area contributed by atoms with Gasteiger partial charge in [0.1, 0.15) is 29.3 Å². The molecule has 56 heavy (non-hydrogen) atoms. The molecule has 1 aliphatic heterocycles. The summed E-state index contributed by atoms with van der Waals surface area (Å²) in [6.07, 6.45) is 15.0. The van der Waals surface area contributed by atoms with E-state index in [9.17, 15) is 9.59 Å². The number of carbonyl (C=O) groups excluding carboxylic acids is 2. The number of allylic oxidation sites excluding steroid dienone is 1. The highest BCUT2D eigenvalue weighted by molar-refractivity contribution is 6.07. The Balaban J connectivity index is 0.832. The third kappa shape index (κ3) is 6.82. The number of benzene rings is 2. The van der Waals surface area contributed by atoms with Gasteiger partial charge in [0.2, 0.25) is 5.91 Å². The van der Waals surface area contributed by atoms with Crippen molar-refractivity contribution in [3.05, 3.63) is 72.2 Å². The zero-order chi connectivity index (χ0) is 38.6. The third-order valence-corrected chi connectivity index (χ3v) is 13.4. The second-order valence-corrected chi connectivity index (χ2v) is 17.1. The molecule has 12 heteroatoms. The van der Waals surface area contributed by atoms with Crippen molar-refractivity contribution >= 4 is 45.3 Å². The number of nitrogen functional groups attached to an aromatic ring is 1. The average Bonchev–Trinajstić information content (AvgIpc) is 3.76. The molecule has 0 radical (unpaired) electrons. The van der Waals surface area contributed by atoms with Crippen molar-refractivity contribution in [1.82, 2.24) is 34.5 Å². The quantitative estimate of drug-likeness (QED) is 0.121. The molecule has 5 fully saturated rings. The van der Waals surface area contributed by atoms with Gasteiger partial charge in [-0.3, -0.25) is 9.59 Å². The summed E-state index contributed by atoms with van der Waals surface area (Å²) in [5.41, 5.74) is 12.0. The maximum Gasteiger partial charge on any atom is 0.272 e. The lowest BCUT2D eigenvalue weighted by molar-refractivity contribution is -0.117. The van der Waals surface area contributed by atoms with Crippen LogP contribution >= 0.6 is 0 Å². The number of nitrogens with two attached hydrogens (primary N) is 1. The Bertz CT molecular complexity index is 2300. The first-order chi connectivity index (χ1) is 27.2. The summed E-state index contributed by atoms with van der Waals surface area (Å²) in [5, 5.41) is 13.0. The lowest BCUT2D eigenvalue weighted by Crippen LogP contribution is -2.45. The van der Waals surface area contributed by atoms with Gasteiger partial charge >= 0.3 is 0 Å². The van der Waals surface area contributed by atoms with Gasteiger partial charge in [0.05, 0.1) is 24.2 Å². The Labute approximate surface area is 327 Å². The van der Waals surface area contributed by atoms with Crippen LogP contribution in [0.3, 0.4) is 0 Å². The topological polar surface area (TPSA) is 145 Å². The van der Waals surface area contributed by atoms with Crippen LogP contribution in [0, 0.1) is 23.2 Å². The Kier molecular flexibility index (Phi) is 9.55. The van der Waals surface area contributed by atoms with E-state index in [0.29, 0.717) is 51.6 Å². The molecule has 2 aromatic carbocycles. The number of ether oxygens (including phenoxy) is 1. The van der Waals surface area contributed by atoms with Crippen LogP contribution < -0.4 is 21.1 Å². The van der Waals surface area contributed by atoms with Gasteiger partial charge in [-0.15, -0.1) is 0 Å². The zero-order valence-electron chi connectivity index (χ0n) is 32.8. The van der Waals surface area contributed by atoms with Crippen LogP contribution in [0.15, 0.2) is 66.5 Å². The number of aromatic nitrogens is 5. The van der Waals surface area contributed by atoms with E-state index in [4.69, 9.17) is 15.6 Å². The fraction of sp³-hybridized carbons (Fsp3) is 0.477. The summed E-state index contributed by atoms with van der Waals surface area (Å²) in [7, 11) is 3.47. The van der Waals surface area contributed by atoms with E-state index in [1.165, 1.54) is 44.9 Å². The van der Waals surface area contributed by atoms with Crippen LogP contribution in [0.2, 0.25) is 0 Å². The lowest BCUT2D eigenvalue weighted by Gasteiger charge is -2.56. The summed E-state index contributed by atoms with van der Waals surface area (Å²) < 4.78 is 9.66. The fourth-order valence-electron chi connectivity index (χ4n) is 10.9. The van der Waals surface area contributed by atoms with Gasteiger partial charge in [0, 0.05) is 55.3 Å². The first kappa shape index (κ1) is 36.4. The number of piperidine rings is 1. The molecule has 2 amide bonds. The molecule has 4 bridgehead atoms. The van der Waals surface area contributed by atoms with Crippen LogP contribution in [0.5, 0.6) is 5.75 Å². The van der Waals surface area contributed by atoms with Crippen molar-refractivity contribution in [2.75, 3.05) is 44.3 Å².